The third-order valence-corrected chi connectivity index (χ3v) is 6.91. The summed E-state index contributed by atoms with van der Waals surface area (Å²) in [4.78, 5) is 13.9. The molecule has 0 radical (unpaired) electrons. The number of aliphatic hydroxyl groups excluding tert-OH is 1. The van der Waals surface area contributed by atoms with Crippen LogP contribution in [0.4, 0.5) is 0 Å². The Labute approximate surface area is 151 Å². The molecule has 0 aliphatic rings. The maximum absolute atomic E-state index is 13.1. The molecule has 0 saturated carbocycles. The number of primary amides is 1. The largest absolute Gasteiger partial charge is 0.392 e. The highest BCUT2D eigenvalue weighted by Gasteiger charge is 2.46. The summed E-state index contributed by atoms with van der Waals surface area (Å²) in [5.74, 6) is -0.763. The highest BCUT2D eigenvalue weighted by molar-refractivity contribution is 7.92. The van der Waals surface area contributed by atoms with Gasteiger partial charge in [-0.15, -0.1) is 0 Å². The number of sulfone groups is 1. The second-order valence-corrected chi connectivity index (χ2v) is 8.38. The molecule has 1 amide bonds. The number of hydrogen-bond acceptors (Lipinski definition) is 5. The topological polar surface area (TPSA) is 115 Å². The number of amides is 1. The van der Waals surface area contributed by atoms with E-state index >= 15 is 0 Å². The minimum absolute atomic E-state index is 0.165. The Hall–Kier alpha value is -2.71. The average Bonchev–Trinajstić information content (AvgIpc) is 3.07. The Bertz CT molecular complexity index is 1060. The van der Waals surface area contributed by atoms with Crippen molar-refractivity contribution >= 4 is 26.8 Å². The van der Waals surface area contributed by atoms with Crippen LogP contribution in [-0.2, 0) is 14.7 Å². The molecule has 0 bridgehead atoms. The number of rotatable bonds is 6. The molecule has 3 rings (SSSR count). The molecule has 7 nitrogen and oxygen atoms in total. The number of carbonyl (C=O) groups excluding carboxylic acids is 1. The van der Waals surface area contributed by atoms with E-state index in [-0.39, 0.29) is 11.3 Å². The zero-order valence-electron chi connectivity index (χ0n) is 14.2. The Morgan fingerprint density at radius 3 is 2.50 bits per heavy atom. The highest BCUT2D eigenvalue weighted by atomic mass is 32.2. The van der Waals surface area contributed by atoms with Gasteiger partial charge < -0.3 is 15.4 Å². The molecule has 2 aromatic carbocycles. The van der Waals surface area contributed by atoms with Gasteiger partial charge in [-0.25, -0.2) is 13.4 Å². The van der Waals surface area contributed by atoms with Crippen molar-refractivity contribution in [3.05, 3.63) is 66.0 Å². The zero-order valence-corrected chi connectivity index (χ0v) is 15.0. The molecule has 1 unspecified atom stereocenters. The van der Waals surface area contributed by atoms with Crippen molar-refractivity contribution < 1.29 is 18.3 Å². The van der Waals surface area contributed by atoms with Gasteiger partial charge >= 0.3 is 0 Å². The number of benzene rings is 2. The van der Waals surface area contributed by atoms with Crippen LogP contribution in [0.1, 0.15) is 22.8 Å². The molecule has 1 heterocycles. The molecule has 3 aromatic rings. The van der Waals surface area contributed by atoms with Crippen LogP contribution in [0.15, 0.2) is 54.9 Å². The number of nitrogens with zero attached hydrogens (tertiary/aromatic N) is 2. The first-order chi connectivity index (χ1) is 12.4. The number of nitrogens with two attached hydrogens (primary N) is 1. The van der Waals surface area contributed by atoms with Crippen molar-refractivity contribution in [1.29, 1.82) is 0 Å². The van der Waals surface area contributed by atoms with Crippen LogP contribution < -0.4 is 5.73 Å². The van der Waals surface area contributed by atoms with E-state index in [1.165, 1.54) is 30.0 Å². The fraction of sp³-hybridized carbons (Fsp3) is 0.222. The molecule has 0 aliphatic heterocycles. The summed E-state index contributed by atoms with van der Waals surface area (Å²) >= 11 is 0. The van der Waals surface area contributed by atoms with E-state index < -0.39 is 27.2 Å². The van der Waals surface area contributed by atoms with E-state index in [9.17, 15) is 18.3 Å². The summed E-state index contributed by atoms with van der Waals surface area (Å²) in [7, 11) is -3.78. The molecule has 0 saturated heterocycles. The lowest BCUT2D eigenvalue weighted by atomic mass is 10.1. The van der Waals surface area contributed by atoms with Crippen molar-refractivity contribution in [2.45, 2.75) is 11.8 Å². The minimum Gasteiger partial charge on any atom is -0.392 e. The second-order valence-electron chi connectivity index (χ2n) is 5.89. The average molecular weight is 373 g/mol. The summed E-state index contributed by atoms with van der Waals surface area (Å²) in [6.45, 7) is 0.878. The quantitative estimate of drug-likeness (QED) is 0.675. The van der Waals surface area contributed by atoms with Gasteiger partial charge in [-0.05, 0) is 23.8 Å². The van der Waals surface area contributed by atoms with Crippen LogP contribution in [0.3, 0.4) is 0 Å². The second kappa shape index (κ2) is 6.54. The van der Waals surface area contributed by atoms with Crippen LogP contribution >= 0.6 is 0 Å². The van der Waals surface area contributed by atoms with Crippen LogP contribution in [0, 0.1) is 0 Å². The third kappa shape index (κ3) is 2.58. The Kier molecular flexibility index (Phi) is 4.55. The summed E-state index contributed by atoms with van der Waals surface area (Å²) in [6, 6.07) is 13.1. The summed E-state index contributed by atoms with van der Waals surface area (Å²) in [5, 5.41) is 10.3. The van der Waals surface area contributed by atoms with E-state index in [2.05, 4.69) is 4.98 Å². The van der Waals surface area contributed by atoms with Gasteiger partial charge in [-0.3, -0.25) is 4.79 Å². The van der Waals surface area contributed by atoms with Gasteiger partial charge in [-0.1, -0.05) is 37.3 Å². The monoisotopic (exact) mass is 373 g/mol. The first kappa shape index (κ1) is 18.1. The molecular weight excluding hydrogens is 354 g/mol. The molecule has 0 fully saturated rings. The number of carbonyl (C=O) groups is 1. The molecule has 1 aromatic heterocycles. The number of aliphatic hydroxyl groups is 1. The maximum Gasteiger partial charge on any atom is 0.248 e. The molecule has 1 atom stereocenters. The molecule has 136 valence electrons. The van der Waals surface area contributed by atoms with Crippen molar-refractivity contribution in [2.24, 2.45) is 5.73 Å². The van der Waals surface area contributed by atoms with E-state index in [4.69, 9.17) is 5.73 Å². The van der Waals surface area contributed by atoms with Gasteiger partial charge in [-0.2, -0.15) is 0 Å². The third-order valence-electron chi connectivity index (χ3n) is 4.55. The van der Waals surface area contributed by atoms with Gasteiger partial charge in [0, 0.05) is 5.56 Å². The van der Waals surface area contributed by atoms with Gasteiger partial charge in [0.15, 0.2) is 14.7 Å². The molecule has 0 aliphatic carbocycles. The molecule has 3 N–H and O–H groups in total. The fourth-order valence-corrected chi connectivity index (χ4v) is 4.74. The number of imidazole rings is 1. The molecule has 0 spiro atoms. The zero-order chi connectivity index (χ0) is 18.9. The van der Waals surface area contributed by atoms with E-state index in [1.807, 2.05) is 0 Å². The Morgan fingerprint density at radius 2 is 1.92 bits per heavy atom. The van der Waals surface area contributed by atoms with E-state index in [1.54, 1.807) is 36.4 Å². The Balaban J connectivity index is 2.37. The first-order valence-electron chi connectivity index (χ1n) is 8.03. The highest BCUT2D eigenvalue weighted by Crippen LogP contribution is 2.35. The summed E-state index contributed by atoms with van der Waals surface area (Å²) < 4.78 is 27.6. The summed E-state index contributed by atoms with van der Waals surface area (Å²) in [6.07, 6.45) is 1.37. The lowest BCUT2D eigenvalue weighted by Crippen LogP contribution is -2.46. The number of aromatic nitrogens is 2. The van der Waals surface area contributed by atoms with Crippen molar-refractivity contribution in [1.82, 2.24) is 9.55 Å². The van der Waals surface area contributed by atoms with Crippen LogP contribution in [-0.4, -0.2) is 41.3 Å². The van der Waals surface area contributed by atoms with Crippen LogP contribution in [0.25, 0.3) is 11.0 Å². The Morgan fingerprint density at radius 1 is 1.23 bits per heavy atom. The minimum atomic E-state index is -3.78. The van der Waals surface area contributed by atoms with Gasteiger partial charge in [0.2, 0.25) is 5.91 Å². The standard InChI is InChI=1S/C18H19N3O4S/c1-2-26(24,25)18(11-22,14-6-4-3-5-7-14)21-12-20-15-10-13(17(19)23)8-9-16(15)21/h3-10,12,22H,2,11H2,1H3,(H2,19,23). The number of hydrogen-bond donors (Lipinski definition) is 2. The van der Waals surface area contributed by atoms with Crippen molar-refractivity contribution in [2.75, 3.05) is 12.4 Å². The van der Waals surface area contributed by atoms with Crippen LogP contribution in [0.2, 0.25) is 0 Å². The van der Waals surface area contributed by atoms with Gasteiger partial charge in [0.1, 0.15) is 0 Å². The van der Waals surface area contributed by atoms with Crippen molar-refractivity contribution in [3.63, 3.8) is 0 Å². The molecule has 8 heteroatoms. The predicted octanol–water partition coefficient (Wildman–Crippen LogP) is 1.26. The number of fused-ring (bicyclic) bond motifs is 1. The molecular formula is C18H19N3O4S. The fourth-order valence-electron chi connectivity index (χ4n) is 3.13. The van der Waals surface area contributed by atoms with E-state index in [0.29, 0.717) is 16.6 Å². The molecule has 26 heavy (non-hydrogen) atoms. The smallest absolute Gasteiger partial charge is 0.248 e. The first-order valence-corrected chi connectivity index (χ1v) is 9.68. The SMILES string of the molecule is CCS(=O)(=O)C(CO)(c1ccccc1)n1cnc2cc(C(N)=O)ccc21. The van der Waals surface area contributed by atoms with Gasteiger partial charge in [0.25, 0.3) is 0 Å². The lowest BCUT2D eigenvalue weighted by Gasteiger charge is -2.33. The maximum atomic E-state index is 13.1. The lowest BCUT2D eigenvalue weighted by molar-refractivity contribution is 0.100. The van der Waals surface area contributed by atoms with E-state index in [0.717, 1.165) is 0 Å². The van der Waals surface area contributed by atoms with Gasteiger partial charge in [0.05, 0.1) is 29.7 Å². The normalized spacial score (nSPS) is 14.2. The van der Waals surface area contributed by atoms with Crippen LogP contribution in [0.5, 0.6) is 0 Å². The predicted molar refractivity (Wildman–Crippen MR) is 98.3 cm³/mol. The van der Waals surface area contributed by atoms with Crippen molar-refractivity contribution in [3.8, 4) is 0 Å². The summed E-state index contributed by atoms with van der Waals surface area (Å²) in [5.41, 5.74) is 6.90.